The number of ketones is 2. The fraction of sp³-hybridized carbons (Fsp3) is 0.857. The van der Waals surface area contributed by atoms with Crippen molar-refractivity contribution < 1.29 is 9.59 Å². The fourth-order valence-corrected chi connectivity index (χ4v) is 4.82. The highest BCUT2D eigenvalue weighted by Gasteiger charge is 2.56. The Kier molecular flexibility index (Phi) is 3.48. The van der Waals surface area contributed by atoms with Gasteiger partial charge in [-0.2, -0.15) is 12.6 Å². The minimum atomic E-state index is -0.391. The normalized spacial score (nSPS) is 50.6. The third-order valence-corrected chi connectivity index (χ3v) is 5.93. The second-order valence-electron chi connectivity index (χ2n) is 6.40. The van der Waals surface area contributed by atoms with Crippen LogP contribution in [0.3, 0.4) is 0 Å². The van der Waals surface area contributed by atoms with Crippen molar-refractivity contribution in [2.24, 2.45) is 35.1 Å². The van der Waals surface area contributed by atoms with E-state index >= 15 is 0 Å². The molecule has 7 atom stereocenters. The van der Waals surface area contributed by atoms with Crippen LogP contribution in [0.15, 0.2) is 0 Å². The molecule has 7 unspecified atom stereocenters. The zero-order chi connectivity index (χ0) is 13.7. The summed E-state index contributed by atoms with van der Waals surface area (Å²) in [6.07, 6.45) is 4.42. The molecule has 3 saturated carbocycles. The van der Waals surface area contributed by atoms with E-state index in [2.05, 4.69) is 12.6 Å². The third-order valence-electron chi connectivity index (χ3n) is 5.37. The molecule has 0 heterocycles. The molecule has 5 heteroatoms. The molecule has 3 rings (SSSR count). The Balaban J connectivity index is 1.96. The Morgan fingerprint density at radius 1 is 0.947 bits per heavy atom. The van der Waals surface area contributed by atoms with Gasteiger partial charge in [0.05, 0.1) is 0 Å². The molecule has 3 fully saturated rings. The molecule has 0 amide bonds. The molecule has 3 aliphatic rings. The Morgan fingerprint density at radius 2 is 1.47 bits per heavy atom. The molecule has 19 heavy (non-hydrogen) atoms. The number of thiol groups is 1. The van der Waals surface area contributed by atoms with Gasteiger partial charge in [0.15, 0.2) is 0 Å². The molecular formula is C14H22N2O2S. The first-order chi connectivity index (χ1) is 9.02. The summed E-state index contributed by atoms with van der Waals surface area (Å²) in [6.45, 7) is 0. The predicted molar refractivity (Wildman–Crippen MR) is 75.8 cm³/mol. The van der Waals surface area contributed by atoms with Crippen LogP contribution in [-0.2, 0) is 9.59 Å². The molecule has 0 aromatic carbocycles. The van der Waals surface area contributed by atoms with Gasteiger partial charge in [0.25, 0.3) is 0 Å². The Bertz CT molecular complexity index is 414. The van der Waals surface area contributed by atoms with Crippen molar-refractivity contribution in [3.63, 3.8) is 0 Å². The maximum absolute atomic E-state index is 12.7. The number of hydrogen-bond acceptors (Lipinski definition) is 5. The summed E-state index contributed by atoms with van der Waals surface area (Å²) in [6, 6.07) is -0.584. The van der Waals surface area contributed by atoms with E-state index in [1.165, 1.54) is 0 Å². The zero-order valence-electron chi connectivity index (χ0n) is 11.0. The molecule has 0 bridgehead atoms. The minimum absolute atomic E-state index is 0.0758. The second-order valence-corrected chi connectivity index (χ2v) is 7.06. The number of Topliss-reactive ketones (excluding diaryl/α,β-unsaturated/α-hetero) is 2. The van der Waals surface area contributed by atoms with Gasteiger partial charge < -0.3 is 11.5 Å². The molecular weight excluding hydrogens is 260 g/mol. The monoisotopic (exact) mass is 282 g/mol. The molecule has 106 valence electrons. The van der Waals surface area contributed by atoms with E-state index in [1.54, 1.807) is 0 Å². The van der Waals surface area contributed by atoms with Gasteiger partial charge >= 0.3 is 0 Å². The van der Waals surface area contributed by atoms with E-state index in [-0.39, 0.29) is 46.7 Å². The van der Waals surface area contributed by atoms with Gasteiger partial charge in [-0.3, -0.25) is 9.59 Å². The number of fused-ring (bicyclic) bond motifs is 2. The standard InChI is InChI=1S/C14H22N2O2S/c15-8-5-9(19)12(16)11-10(8)13(17)6-3-1-2-4-7(6)14(11)18/h6-12,19H,1-5,15-16H2. The minimum Gasteiger partial charge on any atom is -0.327 e. The Labute approximate surface area is 119 Å². The van der Waals surface area contributed by atoms with E-state index in [4.69, 9.17) is 11.5 Å². The summed E-state index contributed by atoms with van der Waals surface area (Å²) in [5, 5.41) is -0.0758. The third kappa shape index (κ3) is 1.98. The summed E-state index contributed by atoms with van der Waals surface area (Å²) >= 11 is 4.45. The quantitative estimate of drug-likeness (QED) is 0.566. The average molecular weight is 282 g/mol. The number of rotatable bonds is 0. The van der Waals surface area contributed by atoms with Gasteiger partial charge in [-0.05, 0) is 19.3 Å². The Morgan fingerprint density at radius 3 is 2.05 bits per heavy atom. The van der Waals surface area contributed by atoms with E-state index < -0.39 is 5.92 Å². The fourth-order valence-electron chi connectivity index (χ4n) is 4.39. The maximum atomic E-state index is 12.7. The van der Waals surface area contributed by atoms with E-state index in [0.717, 1.165) is 25.7 Å². The van der Waals surface area contributed by atoms with Crippen LogP contribution >= 0.6 is 12.6 Å². The first kappa shape index (κ1) is 13.6. The molecule has 0 aliphatic heterocycles. The lowest BCUT2D eigenvalue weighted by atomic mass is 9.56. The van der Waals surface area contributed by atoms with Crippen LogP contribution in [0.25, 0.3) is 0 Å². The molecule has 3 aliphatic carbocycles. The Hall–Kier alpha value is -0.390. The topological polar surface area (TPSA) is 86.2 Å². The van der Waals surface area contributed by atoms with Crippen molar-refractivity contribution in [3.05, 3.63) is 0 Å². The van der Waals surface area contributed by atoms with Crippen LogP contribution in [0.2, 0.25) is 0 Å². The van der Waals surface area contributed by atoms with Crippen LogP contribution in [-0.4, -0.2) is 28.9 Å². The van der Waals surface area contributed by atoms with Crippen molar-refractivity contribution in [2.45, 2.75) is 49.4 Å². The van der Waals surface area contributed by atoms with Gasteiger partial charge in [0, 0.05) is 41.0 Å². The van der Waals surface area contributed by atoms with Crippen LogP contribution in [0.1, 0.15) is 32.1 Å². The van der Waals surface area contributed by atoms with Crippen LogP contribution in [0.5, 0.6) is 0 Å². The van der Waals surface area contributed by atoms with Crippen molar-refractivity contribution in [1.29, 1.82) is 0 Å². The summed E-state index contributed by atoms with van der Waals surface area (Å²) in [7, 11) is 0. The second kappa shape index (κ2) is 4.86. The predicted octanol–water partition coefficient (Wildman–Crippen LogP) is 0.534. The van der Waals surface area contributed by atoms with E-state index in [0.29, 0.717) is 6.42 Å². The van der Waals surface area contributed by atoms with E-state index in [1.807, 2.05) is 0 Å². The number of nitrogens with two attached hydrogens (primary N) is 2. The van der Waals surface area contributed by atoms with Crippen LogP contribution < -0.4 is 11.5 Å². The first-order valence-corrected chi connectivity index (χ1v) is 7.80. The van der Waals surface area contributed by atoms with Crippen molar-refractivity contribution in [3.8, 4) is 0 Å². The lowest BCUT2D eigenvalue weighted by Gasteiger charge is -2.49. The molecule has 0 radical (unpaired) electrons. The highest BCUT2D eigenvalue weighted by atomic mass is 32.1. The maximum Gasteiger partial charge on any atom is 0.142 e. The van der Waals surface area contributed by atoms with Crippen molar-refractivity contribution >= 4 is 24.2 Å². The smallest absolute Gasteiger partial charge is 0.142 e. The van der Waals surface area contributed by atoms with Crippen molar-refractivity contribution in [1.82, 2.24) is 0 Å². The summed E-state index contributed by atoms with van der Waals surface area (Å²) in [4.78, 5) is 25.4. The largest absolute Gasteiger partial charge is 0.327 e. The number of carbonyl (C=O) groups excluding carboxylic acids is 2. The van der Waals surface area contributed by atoms with Gasteiger partial charge in [0.1, 0.15) is 11.6 Å². The molecule has 0 saturated heterocycles. The summed E-state index contributed by atoms with van der Waals surface area (Å²) < 4.78 is 0. The molecule has 0 spiro atoms. The number of hydrogen-bond donors (Lipinski definition) is 3. The molecule has 4 N–H and O–H groups in total. The van der Waals surface area contributed by atoms with Crippen LogP contribution in [0, 0.1) is 23.7 Å². The van der Waals surface area contributed by atoms with Crippen LogP contribution in [0.4, 0.5) is 0 Å². The van der Waals surface area contributed by atoms with Crippen molar-refractivity contribution in [2.75, 3.05) is 0 Å². The van der Waals surface area contributed by atoms with Gasteiger partial charge in [-0.25, -0.2) is 0 Å². The summed E-state index contributed by atoms with van der Waals surface area (Å²) in [5.41, 5.74) is 12.3. The molecule has 0 aromatic rings. The lowest BCUT2D eigenvalue weighted by molar-refractivity contribution is -0.152. The lowest BCUT2D eigenvalue weighted by Crippen LogP contribution is -2.64. The molecule has 0 aromatic heterocycles. The van der Waals surface area contributed by atoms with Gasteiger partial charge in [0.2, 0.25) is 0 Å². The van der Waals surface area contributed by atoms with Gasteiger partial charge in [-0.15, -0.1) is 0 Å². The van der Waals surface area contributed by atoms with E-state index in [9.17, 15) is 9.59 Å². The molecule has 4 nitrogen and oxygen atoms in total. The zero-order valence-corrected chi connectivity index (χ0v) is 11.9. The first-order valence-electron chi connectivity index (χ1n) is 7.29. The average Bonchev–Trinajstić information content (AvgIpc) is 2.40. The SMILES string of the molecule is NC1CC(S)C(N)C2C(=O)C3CCCCC3C(=O)C12. The summed E-state index contributed by atoms with van der Waals surface area (Å²) in [5.74, 6) is -0.534. The highest BCUT2D eigenvalue weighted by molar-refractivity contribution is 7.81. The number of carbonyl (C=O) groups is 2. The van der Waals surface area contributed by atoms with Gasteiger partial charge in [-0.1, -0.05) is 12.8 Å². The highest BCUT2D eigenvalue weighted by Crippen LogP contribution is 2.46.